The van der Waals surface area contributed by atoms with E-state index < -0.39 is 0 Å². The van der Waals surface area contributed by atoms with E-state index in [4.69, 9.17) is 0 Å². The molecule has 3 heterocycles. The van der Waals surface area contributed by atoms with Crippen LogP contribution in [-0.4, -0.2) is 81.3 Å². The number of rotatable bonds is 2. The van der Waals surface area contributed by atoms with Crippen LogP contribution >= 0.6 is 0 Å². The maximum atomic E-state index is 12.7. The van der Waals surface area contributed by atoms with Gasteiger partial charge in [0.15, 0.2) is 0 Å². The number of carbonyl (C=O) groups is 2. The van der Waals surface area contributed by atoms with Crippen LogP contribution in [0.3, 0.4) is 0 Å². The van der Waals surface area contributed by atoms with Crippen LogP contribution in [0.1, 0.15) is 45.4 Å². The quantitative estimate of drug-likeness (QED) is 0.810. The fraction of sp³-hybridized carbons (Fsp3) is 0.700. The van der Waals surface area contributed by atoms with Crippen molar-refractivity contribution in [1.29, 1.82) is 0 Å². The van der Waals surface area contributed by atoms with Gasteiger partial charge in [0, 0.05) is 58.1 Å². The molecule has 2 aliphatic heterocycles. The predicted molar refractivity (Wildman–Crippen MR) is 106 cm³/mol. The molecule has 2 saturated heterocycles. The van der Waals surface area contributed by atoms with Crippen LogP contribution in [0.25, 0.3) is 0 Å². The highest BCUT2D eigenvalue weighted by Gasteiger charge is 2.36. The number of likely N-dealkylation sites (tertiary alicyclic amines) is 1. The van der Waals surface area contributed by atoms with Crippen molar-refractivity contribution in [2.24, 2.45) is 0 Å². The third-order valence-corrected chi connectivity index (χ3v) is 5.95. The van der Waals surface area contributed by atoms with Crippen LogP contribution in [0, 0.1) is 0 Å². The Bertz CT molecular complexity index is 700. The van der Waals surface area contributed by atoms with Gasteiger partial charge in [0.05, 0.1) is 6.20 Å². The first-order chi connectivity index (χ1) is 13.6. The van der Waals surface area contributed by atoms with Gasteiger partial charge in [-0.15, -0.1) is 0 Å². The monoisotopic (exact) mass is 389 g/mol. The molecule has 28 heavy (non-hydrogen) atoms. The fourth-order valence-corrected chi connectivity index (χ4v) is 4.20. The zero-order valence-corrected chi connectivity index (χ0v) is 16.7. The minimum atomic E-state index is -0.197. The second-order valence-electron chi connectivity index (χ2n) is 7.77. The van der Waals surface area contributed by atoms with Gasteiger partial charge in [0.2, 0.25) is 11.8 Å². The van der Waals surface area contributed by atoms with Crippen molar-refractivity contribution >= 4 is 11.8 Å². The lowest BCUT2D eigenvalue weighted by molar-refractivity contribution is -0.142. The molecule has 0 unspecified atom stereocenters. The summed E-state index contributed by atoms with van der Waals surface area (Å²) in [6, 6.07) is 0.568. The number of amides is 2. The Labute approximate surface area is 165 Å². The standard InChI is InChI=1S/C16H27N3O2.C4H4N2O/c1-13(20)19-10-3-7-15(19)16(21)18-9-4-8-17(11-12-18)14-5-2-6-14;7-4-3-5-1-2-6-4/h14-15H,2-12H2,1H3;1-3H,(H,6,7)/t15-;/m1./s1. The van der Waals surface area contributed by atoms with Gasteiger partial charge in [0.25, 0.3) is 5.56 Å². The molecule has 0 aromatic carbocycles. The molecule has 1 aromatic rings. The summed E-state index contributed by atoms with van der Waals surface area (Å²) < 4.78 is 0. The third-order valence-electron chi connectivity index (χ3n) is 5.95. The Balaban J connectivity index is 0.000000271. The summed E-state index contributed by atoms with van der Waals surface area (Å²) in [5.74, 6) is 0.218. The summed E-state index contributed by atoms with van der Waals surface area (Å²) >= 11 is 0. The number of nitrogens with one attached hydrogen (secondary N) is 1. The summed E-state index contributed by atoms with van der Waals surface area (Å²) in [5, 5.41) is 0. The van der Waals surface area contributed by atoms with E-state index in [1.807, 2.05) is 4.90 Å². The molecule has 8 nitrogen and oxygen atoms in total. The van der Waals surface area contributed by atoms with Gasteiger partial charge in [-0.3, -0.25) is 24.3 Å². The minimum Gasteiger partial charge on any atom is -0.340 e. The van der Waals surface area contributed by atoms with Gasteiger partial charge >= 0.3 is 0 Å². The van der Waals surface area contributed by atoms with Gasteiger partial charge in [-0.2, -0.15) is 0 Å². The number of H-pyrrole nitrogens is 1. The van der Waals surface area contributed by atoms with Crippen LogP contribution in [0.2, 0.25) is 0 Å². The van der Waals surface area contributed by atoms with Gasteiger partial charge < -0.3 is 14.8 Å². The van der Waals surface area contributed by atoms with E-state index in [-0.39, 0.29) is 23.4 Å². The molecular formula is C20H31N5O3. The summed E-state index contributed by atoms with van der Waals surface area (Å²) in [6.07, 6.45) is 11.1. The van der Waals surface area contributed by atoms with Crippen molar-refractivity contribution in [2.75, 3.05) is 32.7 Å². The highest BCUT2D eigenvalue weighted by atomic mass is 16.2. The van der Waals surface area contributed by atoms with Crippen LogP contribution in [0.4, 0.5) is 0 Å². The number of hydrogen-bond donors (Lipinski definition) is 1. The molecule has 0 radical (unpaired) electrons. The molecule has 1 atom stereocenters. The fourth-order valence-electron chi connectivity index (χ4n) is 4.20. The number of carbonyl (C=O) groups excluding carboxylic acids is 2. The molecule has 8 heteroatoms. The van der Waals surface area contributed by atoms with Crippen molar-refractivity contribution in [3.8, 4) is 0 Å². The normalized spacial score (nSPS) is 23.4. The van der Waals surface area contributed by atoms with Crippen molar-refractivity contribution < 1.29 is 9.59 Å². The van der Waals surface area contributed by atoms with Crippen LogP contribution in [0.15, 0.2) is 23.4 Å². The highest BCUT2D eigenvalue weighted by molar-refractivity contribution is 5.87. The average molecular weight is 390 g/mol. The Morgan fingerprint density at radius 2 is 1.86 bits per heavy atom. The van der Waals surface area contributed by atoms with Gasteiger partial charge in [-0.1, -0.05) is 6.42 Å². The van der Waals surface area contributed by atoms with E-state index in [9.17, 15) is 14.4 Å². The lowest BCUT2D eigenvalue weighted by Gasteiger charge is -2.36. The van der Waals surface area contributed by atoms with Crippen molar-refractivity contribution in [1.82, 2.24) is 24.7 Å². The smallest absolute Gasteiger partial charge is 0.266 e. The maximum Gasteiger partial charge on any atom is 0.266 e. The zero-order valence-electron chi connectivity index (χ0n) is 16.7. The molecule has 3 aliphatic rings. The number of hydrogen-bond acceptors (Lipinski definition) is 5. The van der Waals surface area contributed by atoms with Crippen molar-refractivity contribution in [3.05, 3.63) is 28.9 Å². The second kappa shape index (κ2) is 9.82. The first kappa shape index (κ1) is 20.5. The lowest BCUT2D eigenvalue weighted by atomic mass is 9.91. The molecule has 2 amide bonds. The highest BCUT2D eigenvalue weighted by Crippen LogP contribution is 2.26. The first-order valence-electron chi connectivity index (χ1n) is 10.3. The molecule has 4 rings (SSSR count). The van der Waals surface area contributed by atoms with E-state index >= 15 is 0 Å². The third kappa shape index (κ3) is 5.19. The lowest BCUT2D eigenvalue weighted by Crippen LogP contribution is -2.48. The molecule has 1 aromatic heterocycles. The zero-order chi connectivity index (χ0) is 19.9. The second-order valence-corrected chi connectivity index (χ2v) is 7.77. The largest absolute Gasteiger partial charge is 0.340 e. The summed E-state index contributed by atoms with van der Waals surface area (Å²) in [6.45, 7) is 6.13. The number of aromatic nitrogens is 2. The van der Waals surface area contributed by atoms with Crippen LogP contribution in [0.5, 0.6) is 0 Å². The number of aromatic amines is 1. The van der Waals surface area contributed by atoms with E-state index in [0.29, 0.717) is 0 Å². The van der Waals surface area contributed by atoms with E-state index in [1.165, 1.54) is 37.9 Å². The molecule has 0 spiro atoms. The predicted octanol–water partition coefficient (Wildman–Crippen LogP) is 0.854. The molecule has 1 N–H and O–H groups in total. The van der Waals surface area contributed by atoms with Crippen molar-refractivity contribution in [3.63, 3.8) is 0 Å². The first-order valence-corrected chi connectivity index (χ1v) is 10.3. The molecular weight excluding hydrogens is 358 g/mol. The minimum absolute atomic E-state index is 0.0387. The molecule has 1 aliphatic carbocycles. The van der Waals surface area contributed by atoms with E-state index in [0.717, 1.165) is 58.0 Å². The molecule has 3 fully saturated rings. The van der Waals surface area contributed by atoms with E-state index in [1.54, 1.807) is 11.8 Å². The van der Waals surface area contributed by atoms with Gasteiger partial charge in [-0.25, -0.2) is 0 Å². The van der Waals surface area contributed by atoms with E-state index in [2.05, 4.69) is 14.9 Å². The van der Waals surface area contributed by atoms with Gasteiger partial charge in [0.1, 0.15) is 6.04 Å². The Morgan fingerprint density at radius 3 is 2.43 bits per heavy atom. The Hall–Kier alpha value is -2.22. The van der Waals surface area contributed by atoms with Crippen LogP contribution < -0.4 is 5.56 Å². The molecule has 154 valence electrons. The summed E-state index contributed by atoms with van der Waals surface area (Å²) in [4.78, 5) is 46.8. The van der Waals surface area contributed by atoms with Crippen LogP contribution in [-0.2, 0) is 9.59 Å². The number of nitrogens with zero attached hydrogens (tertiary/aromatic N) is 4. The van der Waals surface area contributed by atoms with Crippen molar-refractivity contribution in [2.45, 2.75) is 57.5 Å². The maximum absolute atomic E-state index is 12.7. The Morgan fingerprint density at radius 1 is 1.04 bits per heavy atom. The van der Waals surface area contributed by atoms with Gasteiger partial charge in [-0.05, 0) is 32.1 Å². The SMILES string of the molecule is CC(=O)N1CCC[C@@H]1C(=O)N1CCCN(C2CCC2)CC1.O=c1cncc[nH]1. The summed E-state index contributed by atoms with van der Waals surface area (Å²) in [7, 11) is 0. The topological polar surface area (TPSA) is 89.6 Å². The summed E-state index contributed by atoms with van der Waals surface area (Å²) in [5.41, 5.74) is -0.164. The molecule has 0 bridgehead atoms. The molecule has 1 saturated carbocycles. The Kier molecular flexibility index (Phi) is 7.19. The average Bonchev–Trinajstić information content (AvgIpc) is 3.02.